The second-order valence-corrected chi connectivity index (χ2v) is 7.64. The summed E-state index contributed by atoms with van der Waals surface area (Å²) in [5.74, 6) is 1.76. The van der Waals surface area contributed by atoms with Crippen molar-refractivity contribution < 1.29 is 0 Å². The van der Waals surface area contributed by atoms with Crippen LogP contribution in [-0.4, -0.2) is 37.6 Å². The average Bonchev–Trinajstić information content (AvgIpc) is 2.81. The number of rotatable bonds is 5. The molecule has 1 saturated carbocycles. The van der Waals surface area contributed by atoms with Gasteiger partial charge in [0.2, 0.25) is 0 Å². The zero-order chi connectivity index (χ0) is 13.9. The number of nitrogens with one attached hydrogen (secondary N) is 1. The second kappa shape index (κ2) is 6.58. The van der Waals surface area contributed by atoms with Crippen LogP contribution in [0.5, 0.6) is 0 Å². The van der Waals surface area contributed by atoms with E-state index in [9.17, 15) is 0 Å². The van der Waals surface area contributed by atoms with Crippen molar-refractivity contribution in [2.45, 2.75) is 65.3 Å². The number of nitrogens with zero attached hydrogens (tertiary/aromatic N) is 1. The highest BCUT2D eigenvalue weighted by molar-refractivity contribution is 4.92. The van der Waals surface area contributed by atoms with Crippen LogP contribution < -0.4 is 5.32 Å². The molecule has 1 unspecified atom stereocenters. The van der Waals surface area contributed by atoms with Gasteiger partial charge in [0.25, 0.3) is 0 Å². The van der Waals surface area contributed by atoms with Crippen LogP contribution in [0.15, 0.2) is 0 Å². The Kier molecular flexibility index (Phi) is 5.30. The summed E-state index contributed by atoms with van der Waals surface area (Å²) >= 11 is 0. The molecule has 0 spiro atoms. The standard InChI is InChI=1S/C17H34N2/c1-14(2)16-6-5-11-19(16)13-17(12-18-4)9-7-15(3)8-10-17/h14-16,18H,5-13H2,1-4H3. The van der Waals surface area contributed by atoms with E-state index in [1.807, 2.05) is 0 Å². The highest BCUT2D eigenvalue weighted by atomic mass is 15.2. The van der Waals surface area contributed by atoms with Crippen LogP contribution in [-0.2, 0) is 0 Å². The molecule has 1 aliphatic heterocycles. The fraction of sp³-hybridized carbons (Fsp3) is 1.00. The van der Waals surface area contributed by atoms with Crippen molar-refractivity contribution in [2.75, 3.05) is 26.7 Å². The van der Waals surface area contributed by atoms with Gasteiger partial charge in [-0.2, -0.15) is 0 Å². The minimum Gasteiger partial charge on any atom is -0.319 e. The Hall–Kier alpha value is -0.0800. The topological polar surface area (TPSA) is 15.3 Å². The number of hydrogen-bond acceptors (Lipinski definition) is 2. The van der Waals surface area contributed by atoms with E-state index in [2.05, 4.69) is 38.0 Å². The van der Waals surface area contributed by atoms with E-state index in [-0.39, 0.29) is 0 Å². The van der Waals surface area contributed by atoms with E-state index in [1.165, 1.54) is 58.2 Å². The molecule has 1 atom stereocenters. The van der Waals surface area contributed by atoms with Crippen LogP contribution in [0, 0.1) is 17.3 Å². The molecule has 0 radical (unpaired) electrons. The first-order valence-electron chi connectivity index (χ1n) is 8.45. The zero-order valence-corrected chi connectivity index (χ0v) is 13.5. The fourth-order valence-corrected chi connectivity index (χ4v) is 4.37. The summed E-state index contributed by atoms with van der Waals surface area (Å²) in [7, 11) is 2.13. The van der Waals surface area contributed by atoms with E-state index >= 15 is 0 Å². The fourth-order valence-electron chi connectivity index (χ4n) is 4.37. The Morgan fingerprint density at radius 3 is 2.47 bits per heavy atom. The maximum absolute atomic E-state index is 3.48. The molecule has 0 aromatic carbocycles. The maximum atomic E-state index is 3.48. The van der Waals surface area contributed by atoms with Crippen molar-refractivity contribution in [3.05, 3.63) is 0 Å². The summed E-state index contributed by atoms with van der Waals surface area (Å²) in [6.07, 6.45) is 8.55. The summed E-state index contributed by atoms with van der Waals surface area (Å²) in [4.78, 5) is 2.82. The molecule has 2 fully saturated rings. The molecule has 112 valence electrons. The number of hydrogen-bond donors (Lipinski definition) is 1. The van der Waals surface area contributed by atoms with E-state index in [0.29, 0.717) is 5.41 Å². The lowest BCUT2D eigenvalue weighted by molar-refractivity contribution is 0.0710. The molecule has 19 heavy (non-hydrogen) atoms. The molecule has 2 nitrogen and oxygen atoms in total. The minimum atomic E-state index is 0.554. The van der Waals surface area contributed by atoms with Gasteiger partial charge >= 0.3 is 0 Å². The Balaban J connectivity index is 2.00. The largest absolute Gasteiger partial charge is 0.319 e. The molecule has 0 aromatic heterocycles. The van der Waals surface area contributed by atoms with Crippen LogP contribution >= 0.6 is 0 Å². The van der Waals surface area contributed by atoms with Gasteiger partial charge in [-0.25, -0.2) is 0 Å². The van der Waals surface area contributed by atoms with Gasteiger partial charge in [-0.1, -0.05) is 33.6 Å². The summed E-state index contributed by atoms with van der Waals surface area (Å²) in [6.45, 7) is 11.1. The predicted octanol–water partition coefficient (Wildman–Crippen LogP) is 3.52. The lowest BCUT2D eigenvalue weighted by atomic mass is 9.70. The highest BCUT2D eigenvalue weighted by Gasteiger charge is 2.38. The number of likely N-dealkylation sites (tertiary alicyclic amines) is 1. The second-order valence-electron chi connectivity index (χ2n) is 7.64. The molecule has 0 amide bonds. The third-order valence-electron chi connectivity index (χ3n) is 5.61. The molecule has 2 aliphatic rings. The highest BCUT2D eigenvalue weighted by Crippen LogP contribution is 2.40. The van der Waals surface area contributed by atoms with Crippen LogP contribution in [0.25, 0.3) is 0 Å². The molecule has 0 aromatic rings. The first-order valence-corrected chi connectivity index (χ1v) is 8.45. The van der Waals surface area contributed by atoms with Crippen molar-refractivity contribution in [3.63, 3.8) is 0 Å². The molecule has 1 N–H and O–H groups in total. The lowest BCUT2D eigenvalue weighted by Crippen LogP contribution is -2.47. The molecule has 1 aliphatic carbocycles. The van der Waals surface area contributed by atoms with E-state index in [0.717, 1.165) is 17.9 Å². The van der Waals surface area contributed by atoms with E-state index < -0.39 is 0 Å². The smallest absolute Gasteiger partial charge is 0.0119 e. The van der Waals surface area contributed by atoms with Crippen molar-refractivity contribution in [3.8, 4) is 0 Å². The van der Waals surface area contributed by atoms with Gasteiger partial charge in [-0.15, -0.1) is 0 Å². The van der Waals surface area contributed by atoms with Gasteiger partial charge in [0.05, 0.1) is 0 Å². The molecular formula is C17H34N2. The third-order valence-corrected chi connectivity index (χ3v) is 5.61. The monoisotopic (exact) mass is 266 g/mol. The van der Waals surface area contributed by atoms with Gasteiger partial charge in [0.1, 0.15) is 0 Å². The Labute approximate surface area is 120 Å². The molecular weight excluding hydrogens is 232 g/mol. The molecule has 2 heteroatoms. The summed E-state index contributed by atoms with van der Waals surface area (Å²) in [6, 6.07) is 0.841. The van der Waals surface area contributed by atoms with Gasteiger partial charge in [0, 0.05) is 19.1 Å². The van der Waals surface area contributed by atoms with Crippen molar-refractivity contribution >= 4 is 0 Å². The SMILES string of the molecule is CNCC1(CN2CCCC2C(C)C)CCC(C)CC1. The average molecular weight is 266 g/mol. The Bertz CT molecular complexity index is 266. The molecule has 0 bridgehead atoms. The first-order chi connectivity index (χ1) is 9.06. The molecule has 2 rings (SSSR count). The maximum Gasteiger partial charge on any atom is 0.0119 e. The van der Waals surface area contributed by atoms with Crippen molar-refractivity contribution in [2.24, 2.45) is 17.3 Å². The Morgan fingerprint density at radius 1 is 1.21 bits per heavy atom. The normalized spacial score (nSPS) is 37.1. The lowest BCUT2D eigenvalue weighted by Gasteiger charge is -2.44. The van der Waals surface area contributed by atoms with Gasteiger partial charge in [0.15, 0.2) is 0 Å². The van der Waals surface area contributed by atoms with Crippen molar-refractivity contribution in [1.29, 1.82) is 0 Å². The van der Waals surface area contributed by atoms with Gasteiger partial charge < -0.3 is 5.32 Å². The van der Waals surface area contributed by atoms with Crippen molar-refractivity contribution in [1.82, 2.24) is 10.2 Å². The summed E-state index contributed by atoms with van der Waals surface area (Å²) in [5.41, 5.74) is 0.554. The minimum absolute atomic E-state index is 0.554. The quantitative estimate of drug-likeness (QED) is 0.819. The molecule has 1 saturated heterocycles. The molecule has 1 heterocycles. The first kappa shape index (κ1) is 15.3. The van der Waals surface area contributed by atoms with E-state index in [4.69, 9.17) is 0 Å². The van der Waals surface area contributed by atoms with Gasteiger partial charge in [-0.05, 0) is 56.5 Å². The predicted molar refractivity (Wildman–Crippen MR) is 83.4 cm³/mol. The third kappa shape index (κ3) is 3.72. The zero-order valence-electron chi connectivity index (χ0n) is 13.5. The van der Waals surface area contributed by atoms with Crippen LogP contribution in [0.3, 0.4) is 0 Å². The van der Waals surface area contributed by atoms with Crippen LogP contribution in [0.2, 0.25) is 0 Å². The Morgan fingerprint density at radius 2 is 1.89 bits per heavy atom. The van der Waals surface area contributed by atoms with E-state index in [1.54, 1.807) is 0 Å². The van der Waals surface area contributed by atoms with Gasteiger partial charge in [-0.3, -0.25) is 4.90 Å². The summed E-state index contributed by atoms with van der Waals surface area (Å²) in [5, 5.41) is 3.48. The van der Waals surface area contributed by atoms with Crippen LogP contribution in [0.4, 0.5) is 0 Å². The summed E-state index contributed by atoms with van der Waals surface area (Å²) < 4.78 is 0. The van der Waals surface area contributed by atoms with Crippen LogP contribution in [0.1, 0.15) is 59.3 Å².